The van der Waals surface area contributed by atoms with Gasteiger partial charge in [0.1, 0.15) is 5.82 Å². The summed E-state index contributed by atoms with van der Waals surface area (Å²) in [6, 6.07) is 5.73. The van der Waals surface area contributed by atoms with Crippen molar-refractivity contribution in [1.82, 2.24) is 24.1 Å². The number of nitrogens with zero attached hydrogens (tertiary/aromatic N) is 5. The van der Waals surface area contributed by atoms with E-state index < -0.39 is 0 Å². The van der Waals surface area contributed by atoms with E-state index in [-0.39, 0.29) is 5.69 Å². The van der Waals surface area contributed by atoms with Gasteiger partial charge < -0.3 is 9.80 Å². The number of aromatic nitrogens is 3. The third-order valence-corrected chi connectivity index (χ3v) is 6.69. The van der Waals surface area contributed by atoms with E-state index in [4.69, 9.17) is 11.6 Å². The molecule has 1 fully saturated rings. The first-order valence-electron chi connectivity index (χ1n) is 9.57. The van der Waals surface area contributed by atoms with E-state index in [0.29, 0.717) is 16.8 Å². The molecule has 6 nitrogen and oxygen atoms in total. The van der Waals surface area contributed by atoms with E-state index in [9.17, 15) is 4.79 Å². The molecule has 0 radical (unpaired) electrons. The SMILES string of the molecule is CC1Cc2nn(CCCN3CCN(C)CC3)c(=O)n2-c2ccc(Cl)cc2S1. The van der Waals surface area contributed by atoms with Crippen LogP contribution in [0.15, 0.2) is 27.9 Å². The first kappa shape index (κ1) is 19.1. The fourth-order valence-corrected chi connectivity index (χ4v) is 5.15. The highest BCUT2D eigenvalue weighted by Crippen LogP contribution is 2.35. The molecule has 0 saturated carbocycles. The highest BCUT2D eigenvalue weighted by molar-refractivity contribution is 8.00. The molecule has 1 unspecified atom stereocenters. The largest absolute Gasteiger partial charge is 0.350 e. The average Bonchev–Trinajstić information content (AvgIpc) is 2.84. The van der Waals surface area contributed by atoms with E-state index >= 15 is 0 Å². The number of thioether (sulfide) groups is 1. The zero-order valence-electron chi connectivity index (χ0n) is 15.9. The Balaban J connectivity index is 1.52. The minimum atomic E-state index is -0.0401. The summed E-state index contributed by atoms with van der Waals surface area (Å²) in [5.74, 6) is 0.848. The van der Waals surface area contributed by atoms with Crippen molar-refractivity contribution in [3.63, 3.8) is 0 Å². The van der Waals surface area contributed by atoms with Gasteiger partial charge >= 0.3 is 5.69 Å². The van der Waals surface area contributed by atoms with Crippen LogP contribution in [-0.4, -0.2) is 69.2 Å². The Kier molecular flexibility index (Phi) is 5.64. The number of hydrogen-bond donors (Lipinski definition) is 0. The van der Waals surface area contributed by atoms with Crippen LogP contribution in [-0.2, 0) is 13.0 Å². The fourth-order valence-electron chi connectivity index (χ4n) is 3.77. The van der Waals surface area contributed by atoms with Crippen LogP contribution < -0.4 is 5.69 Å². The van der Waals surface area contributed by atoms with Crippen molar-refractivity contribution in [2.45, 2.75) is 36.5 Å². The third-order valence-electron chi connectivity index (χ3n) is 5.31. The third kappa shape index (κ3) is 4.11. The van der Waals surface area contributed by atoms with Crippen LogP contribution in [0.2, 0.25) is 5.02 Å². The smallest absolute Gasteiger partial charge is 0.304 e. The molecule has 146 valence electrons. The van der Waals surface area contributed by atoms with Gasteiger partial charge in [-0.15, -0.1) is 11.8 Å². The van der Waals surface area contributed by atoms with E-state index in [1.54, 1.807) is 21.0 Å². The molecule has 3 heterocycles. The van der Waals surface area contributed by atoms with Crippen molar-refractivity contribution in [1.29, 1.82) is 0 Å². The molecular formula is C19H26ClN5OS. The van der Waals surface area contributed by atoms with Crippen LogP contribution >= 0.6 is 23.4 Å². The Hall–Kier alpha value is -1.28. The first-order chi connectivity index (χ1) is 13.0. The summed E-state index contributed by atoms with van der Waals surface area (Å²) < 4.78 is 3.42. The Morgan fingerprint density at radius 2 is 2.00 bits per heavy atom. The molecule has 1 saturated heterocycles. The van der Waals surface area contributed by atoms with E-state index in [1.807, 2.05) is 18.2 Å². The zero-order valence-corrected chi connectivity index (χ0v) is 17.5. The maximum atomic E-state index is 13.0. The van der Waals surface area contributed by atoms with Crippen LogP contribution in [0.25, 0.3) is 5.69 Å². The van der Waals surface area contributed by atoms with Crippen molar-refractivity contribution in [2.24, 2.45) is 0 Å². The predicted molar refractivity (Wildman–Crippen MR) is 110 cm³/mol. The Morgan fingerprint density at radius 1 is 1.22 bits per heavy atom. The number of rotatable bonds is 4. The van der Waals surface area contributed by atoms with Gasteiger partial charge in [-0.25, -0.2) is 14.0 Å². The summed E-state index contributed by atoms with van der Waals surface area (Å²) in [7, 11) is 2.17. The van der Waals surface area contributed by atoms with Crippen LogP contribution in [0.3, 0.4) is 0 Å². The van der Waals surface area contributed by atoms with Gasteiger partial charge in [0.25, 0.3) is 0 Å². The molecule has 8 heteroatoms. The maximum Gasteiger partial charge on any atom is 0.350 e. The Morgan fingerprint density at radius 3 is 2.78 bits per heavy atom. The van der Waals surface area contributed by atoms with Crippen molar-refractivity contribution in [2.75, 3.05) is 39.8 Å². The maximum absolute atomic E-state index is 13.0. The number of piperazine rings is 1. The normalized spacial score (nSPS) is 20.9. The van der Waals surface area contributed by atoms with Crippen molar-refractivity contribution in [3.05, 3.63) is 39.5 Å². The highest BCUT2D eigenvalue weighted by Gasteiger charge is 2.24. The molecule has 0 amide bonds. The second-order valence-electron chi connectivity index (χ2n) is 7.50. The molecule has 1 aromatic heterocycles. The molecule has 0 spiro atoms. The van der Waals surface area contributed by atoms with Gasteiger partial charge in [0.2, 0.25) is 0 Å². The second kappa shape index (κ2) is 7.99. The lowest BCUT2D eigenvalue weighted by Gasteiger charge is -2.32. The summed E-state index contributed by atoms with van der Waals surface area (Å²) in [5, 5.41) is 5.72. The summed E-state index contributed by atoms with van der Waals surface area (Å²) in [6.45, 7) is 8.29. The molecule has 0 aliphatic carbocycles. The lowest BCUT2D eigenvalue weighted by atomic mass is 10.3. The number of fused-ring (bicyclic) bond motifs is 3. The zero-order chi connectivity index (χ0) is 19.0. The summed E-state index contributed by atoms with van der Waals surface area (Å²) >= 11 is 7.93. The van der Waals surface area contributed by atoms with Crippen molar-refractivity contribution < 1.29 is 0 Å². The first-order valence-corrected chi connectivity index (χ1v) is 10.8. The number of aryl methyl sites for hydroxylation is 1. The minimum absolute atomic E-state index is 0.0401. The molecule has 1 atom stereocenters. The van der Waals surface area contributed by atoms with E-state index in [0.717, 1.165) is 62.0 Å². The molecule has 0 bridgehead atoms. The molecule has 27 heavy (non-hydrogen) atoms. The molecule has 1 aromatic carbocycles. The monoisotopic (exact) mass is 407 g/mol. The molecule has 4 rings (SSSR count). The van der Waals surface area contributed by atoms with Crippen LogP contribution in [0, 0.1) is 0 Å². The summed E-state index contributed by atoms with van der Waals surface area (Å²) in [6.07, 6.45) is 1.72. The number of likely N-dealkylation sites (N-methyl/N-ethyl adjacent to an activating group) is 1. The number of benzene rings is 1. The van der Waals surface area contributed by atoms with Crippen molar-refractivity contribution in [3.8, 4) is 5.69 Å². The predicted octanol–water partition coefficient (Wildman–Crippen LogP) is 2.36. The molecule has 2 aliphatic rings. The van der Waals surface area contributed by atoms with Gasteiger partial charge in [-0.1, -0.05) is 18.5 Å². The molecular weight excluding hydrogens is 382 g/mol. The van der Waals surface area contributed by atoms with Crippen LogP contribution in [0.4, 0.5) is 0 Å². The van der Waals surface area contributed by atoms with Gasteiger partial charge in [-0.05, 0) is 31.7 Å². The summed E-state index contributed by atoms with van der Waals surface area (Å²) in [4.78, 5) is 18.9. The lowest BCUT2D eigenvalue weighted by molar-refractivity contribution is 0.150. The Bertz CT molecular complexity index is 871. The van der Waals surface area contributed by atoms with E-state index in [2.05, 4.69) is 28.9 Å². The van der Waals surface area contributed by atoms with E-state index in [1.165, 1.54) is 0 Å². The Labute approximate surface area is 169 Å². The highest BCUT2D eigenvalue weighted by atomic mass is 35.5. The van der Waals surface area contributed by atoms with Gasteiger partial charge in [0.05, 0.1) is 5.69 Å². The fraction of sp³-hybridized carbons (Fsp3) is 0.579. The minimum Gasteiger partial charge on any atom is -0.304 e. The van der Waals surface area contributed by atoms with Crippen molar-refractivity contribution >= 4 is 23.4 Å². The van der Waals surface area contributed by atoms with Gasteiger partial charge in [-0.3, -0.25) is 0 Å². The molecule has 2 aromatic rings. The van der Waals surface area contributed by atoms with Crippen LogP contribution in [0.1, 0.15) is 19.2 Å². The molecule has 0 N–H and O–H groups in total. The second-order valence-corrected chi connectivity index (χ2v) is 9.42. The van der Waals surface area contributed by atoms with Gasteiger partial charge in [-0.2, -0.15) is 5.10 Å². The quantitative estimate of drug-likeness (QED) is 0.778. The number of hydrogen-bond acceptors (Lipinski definition) is 5. The van der Waals surface area contributed by atoms with Crippen LogP contribution in [0.5, 0.6) is 0 Å². The van der Waals surface area contributed by atoms with Gasteiger partial charge in [0.15, 0.2) is 0 Å². The molecule has 2 aliphatic heterocycles. The number of halogens is 1. The standard InChI is InChI=1S/C19H26ClN5OS/c1-14-12-18-21-24(7-3-6-23-10-8-22(2)9-11-23)19(26)25(18)16-5-4-15(20)13-17(16)27-14/h4-5,13-14H,3,6-12H2,1-2H3. The summed E-state index contributed by atoms with van der Waals surface area (Å²) in [5.41, 5.74) is 0.862. The average molecular weight is 408 g/mol. The topological polar surface area (TPSA) is 46.3 Å². The van der Waals surface area contributed by atoms with Gasteiger partial charge in [0, 0.05) is 60.9 Å². The lowest BCUT2D eigenvalue weighted by Crippen LogP contribution is -2.44.